The molecule has 0 saturated carbocycles. The van der Waals surface area contributed by atoms with Crippen LogP contribution in [0.3, 0.4) is 0 Å². The van der Waals surface area contributed by atoms with Crippen LogP contribution in [0.2, 0.25) is 0 Å². The molecule has 1 heterocycles. The summed E-state index contributed by atoms with van der Waals surface area (Å²) in [6.07, 6.45) is 0.519. The largest absolute Gasteiger partial charge is 0.465 e. The maximum atomic E-state index is 12.7. The maximum absolute atomic E-state index is 12.7. The molecule has 1 aliphatic heterocycles. The minimum absolute atomic E-state index is 0.0374. The number of hydrogen-bond acceptors (Lipinski definition) is 5. The lowest BCUT2D eigenvalue weighted by atomic mass is 10.2. The quantitative estimate of drug-likeness (QED) is 0.792. The fraction of sp³-hybridized carbons (Fsp3) is 0.385. The van der Waals surface area contributed by atoms with Crippen molar-refractivity contribution in [1.29, 1.82) is 0 Å². The van der Waals surface area contributed by atoms with E-state index in [1.54, 1.807) is 6.07 Å². The van der Waals surface area contributed by atoms with Crippen molar-refractivity contribution in [3.63, 3.8) is 0 Å². The molecule has 1 amide bonds. The Morgan fingerprint density at radius 2 is 2.05 bits per heavy atom. The van der Waals surface area contributed by atoms with Gasteiger partial charge in [-0.2, -0.15) is 4.31 Å². The Kier molecular flexibility index (Phi) is 4.59. The van der Waals surface area contributed by atoms with Crippen LogP contribution in [0.4, 0.5) is 0 Å². The first-order valence-electron chi connectivity index (χ1n) is 6.41. The second-order valence-electron chi connectivity index (χ2n) is 4.53. The highest BCUT2D eigenvalue weighted by Crippen LogP contribution is 2.21. The number of amides is 1. The Labute approximate surface area is 122 Å². The van der Waals surface area contributed by atoms with E-state index in [1.165, 1.54) is 25.3 Å². The fourth-order valence-corrected chi connectivity index (χ4v) is 3.71. The van der Waals surface area contributed by atoms with Crippen LogP contribution in [0.1, 0.15) is 16.8 Å². The molecule has 1 fully saturated rings. The standard InChI is InChI=1S/C13H16N2O5S/c1-20-13(17)10-5-2-3-6-11(10)21(18,19)15-8-4-7-14-12(16)9-15/h2-3,5-6H,4,7-9H2,1H3,(H,14,16). The van der Waals surface area contributed by atoms with Gasteiger partial charge in [0.1, 0.15) is 0 Å². The SMILES string of the molecule is COC(=O)c1ccccc1S(=O)(=O)N1CCCNC(=O)C1. The average Bonchev–Trinajstić information content (AvgIpc) is 2.71. The molecule has 7 nitrogen and oxygen atoms in total. The number of carbonyl (C=O) groups excluding carboxylic acids is 2. The third kappa shape index (κ3) is 3.22. The van der Waals surface area contributed by atoms with E-state index < -0.39 is 16.0 Å². The van der Waals surface area contributed by atoms with Gasteiger partial charge in [0, 0.05) is 13.1 Å². The topological polar surface area (TPSA) is 92.8 Å². The van der Waals surface area contributed by atoms with Crippen molar-refractivity contribution in [2.24, 2.45) is 0 Å². The number of hydrogen-bond donors (Lipinski definition) is 1. The number of nitrogens with zero attached hydrogens (tertiary/aromatic N) is 1. The minimum atomic E-state index is -3.93. The van der Waals surface area contributed by atoms with Gasteiger partial charge in [0.05, 0.1) is 24.1 Å². The predicted molar refractivity (Wildman–Crippen MR) is 74.2 cm³/mol. The second kappa shape index (κ2) is 6.23. The number of esters is 1. The summed E-state index contributed by atoms with van der Waals surface area (Å²) in [4.78, 5) is 23.1. The first-order chi connectivity index (χ1) is 9.96. The van der Waals surface area contributed by atoms with Gasteiger partial charge >= 0.3 is 5.97 Å². The molecule has 0 radical (unpaired) electrons. The molecule has 21 heavy (non-hydrogen) atoms. The zero-order valence-electron chi connectivity index (χ0n) is 11.5. The van der Waals surface area contributed by atoms with Crippen LogP contribution in [0.5, 0.6) is 0 Å². The predicted octanol–water partition coefficient (Wildman–Crippen LogP) is -0.0162. The van der Waals surface area contributed by atoms with Gasteiger partial charge in [0.2, 0.25) is 15.9 Å². The van der Waals surface area contributed by atoms with Crippen molar-refractivity contribution in [2.45, 2.75) is 11.3 Å². The van der Waals surface area contributed by atoms with Crippen LogP contribution in [-0.2, 0) is 19.6 Å². The van der Waals surface area contributed by atoms with Crippen molar-refractivity contribution >= 4 is 21.9 Å². The lowest BCUT2D eigenvalue weighted by molar-refractivity contribution is -0.120. The summed E-state index contributed by atoms with van der Waals surface area (Å²) in [6.45, 7) is 0.401. The van der Waals surface area contributed by atoms with Crippen molar-refractivity contribution in [1.82, 2.24) is 9.62 Å². The molecule has 1 aromatic rings. The molecule has 1 N–H and O–H groups in total. The van der Waals surface area contributed by atoms with E-state index in [9.17, 15) is 18.0 Å². The van der Waals surface area contributed by atoms with Gasteiger partial charge in [-0.05, 0) is 18.6 Å². The van der Waals surface area contributed by atoms with E-state index in [-0.39, 0.29) is 29.5 Å². The zero-order chi connectivity index (χ0) is 15.5. The highest BCUT2D eigenvalue weighted by Gasteiger charge is 2.31. The fourth-order valence-electron chi connectivity index (χ4n) is 2.09. The lowest BCUT2D eigenvalue weighted by Crippen LogP contribution is -2.37. The molecule has 0 bridgehead atoms. The van der Waals surface area contributed by atoms with E-state index in [1.807, 2.05) is 0 Å². The summed E-state index contributed by atoms with van der Waals surface area (Å²) in [5, 5.41) is 2.61. The summed E-state index contributed by atoms with van der Waals surface area (Å²) < 4.78 is 31.0. The molecular formula is C13H16N2O5S. The van der Waals surface area contributed by atoms with Crippen molar-refractivity contribution in [3.8, 4) is 0 Å². The van der Waals surface area contributed by atoms with Crippen LogP contribution in [0.15, 0.2) is 29.2 Å². The van der Waals surface area contributed by atoms with Gasteiger partial charge < -0.3 is 10.1 Å². The zero-order valence-corrected chi connectivity index (χ0v) is 12.4. The smallest absolute Gasteiger partial charge is 0.339 e. The van der Waals surface area contributed by atoms with Crippen LogP contribution in [0, 0.1) is 0 Å². The Balaban J connectivity index is 2.44. The molecule has 0 aliphatic carbocycles. The molecule has 1 aromatic carbocycles. The van der Waals surface area contributed by atoms with E-state index in [0.29, 0.717) is 13.0 Å². The number of methoxy groups -OCH3 is 1. The number of nitrogens with one attached hydrogen (secondary N) is 1. The van der Waals surface area contributed by atoms with Crippen LogP contribution >= 0.6 is 0 Å². The monoisotopic (exact) mass is 312 g/mol. The molecular weight excluding hydrogens is 296 g/mol. The number of ether oxygens (including phenoxy) is 1. The maximum Gasteiger partial charge on any atom is 0.339 e. The third-order valence-electron chi connectivity index (χ3n) is 3.14. The average molecular weight is 312 g/mol. The first-order valence-corrected chi connectivity index (χ1v) is 7.85. The molecule has 2 rings (SSSR count). The molecule has 0 spiro atoms. The van der Waals surface area contributed by atoms with Gasteiger partial charge in [0.15, 0.2) is 0 Å². The van der Waals surface area contributed by atoms with E-state index in [4.69, 9.17) is 0 Å². The Hall–Kier alpha value is -1.93. The molecule has 114 valence electrons. The second-order valence-corrected chi connectivity index (χ2v) is 6.44. The Bertz CT molecular complexity index is 656. The summed E-state index contributed by atoms with van der Waals surface area (Å²) in [5.74, 6) is -1.08. The minimum Gasteiger partial charge on any atom is -0.465 e. The van der Waals surface area contributed by atoms with E-state index in [2.05, 4.69) is 10.1 Å². The van der Waals surface area contributed by atoms with Crippen LogP contribution in [0.25, 0.3) is 0 Å². The Morgan fingerprint density at radius 1 is 1.33 bits per heavy atom. The number of sulfonamides is 1. The molecule has 1 aliphatic rings. The Morgan fingerprint density at radius 3 is 2.76 bits per heavy atom. The van der Waals surface area contributed by atoms with Gasteiger partial charge in [0.25, 0.3) is 0 Å². The molecule has 0 unspecified atom stereocenters. The normalized spacial score (nSPS) is 16.9. The molecule has 0 aromatic heterocycles. The molecule has 1 saturated heterocycles. The number of rotatable bonds is 3. The first kappa shape index (κ1) is 15.5. The highest BCUT2D eigenvalue weighted by atomic mass is 32.2. The van der Waals surface area contributed by atoms with Gasteiger partial charge in [-0.3, -0.25) is 4.79 Å². The van der Waals surface area contributed by atoms with E-state index >= 15 is 0 Å². The van der Waals surface area contributed by atoms with Crippen molar-refractivity contribution < 1.29 is 22.7 Å². The summed E-state index contributed by atoms with van der Waals surface area (Å²) in [5.41, 5.74) is -0.0374. The number of carbonyl (C=O) groups is 2. The third-order valence-corrected chi connectivity index (χ3v) is 5.04. The van der Waals surface area contributed by atoms with Crippen molar-refractivity contribution in [2.75, 3.05) is 26.7 Å². The van der Waals surface area contributed by atoms with Gasteiger partial charge in [-0.15, -0.1) is 0 Å². The van der Waals surface area contributed by atoms with Gasteiger partial charge in [-0.1, -0.05) is 12.1 Å². The summed E-state index contributed by atoms with van der Waals surface area (Å²) in [7, 11) is -2.75. The van der Waals surface area contributed by atoms with Gasteiger partial charge in [-0.25, -0.2) is 13.2 Å². The highest BCUT2D eigenvalue weighted by molar-refractivity contribution is 7.89. The van der Waals surface area contributed by atoms with Crippen LogP contribution in [-0.4, -0.2) is 51.3 Å². The van der Waals surface area contributed by atoms with E-state index in [0.717, 1.165) is 4.31 Å². The van der Waals surface area contributed by atoms with Crippen LogP contribution < -0.4 is 5.32 Å². The number of benzene rings is 1. The molecule has 0 atom stereocenters. The van der Waals surface area contributed by atoms with Crippen molar-refractivity contribution in [3.05, 3.63) is 29.8 Å². The summed E-state index contributed by atoms with van der Waals surface area (Å²) >= 11 is 0. The summed E-state index contributed by atoms with van der Waals surface area (Å²) in [6, 6.07) is 5.80. The molecule has 8 heteroatoms. The lowest BCUT2D eigenvalue weighted by Gasteiger charge is -2.20.